The minimum absolute atomic E-state index is 0.0738. The fourth-order valence-corrected chi connectivity index (χ4v) is 3.42. The van der Waals surface area contributed by atoms with Crippen LogP contribution in [0, 0.1) is 0 Å². The lowest BCUT2D eigenvalue weighted by molar-refractivity contribution is 0.0642. The number of nitrogens with zero attached hydrogens (tertiary/aromatic N) is 1. The van der Waals surface area contributed by atoms with Crippen LogP contribution in [-0.2, 0) is 6.54 Å². The second-order valence-corrected chi connectivity index (χ2v) is 6.83. The Morgan fingerprint density at radius 2 is 1.53 bits per heavy atom. The molecule has 0 atom stereocenters. The van der Waals surface area contributed by atoms with Gasteiger partial charge in [0, 0.05) is 5.69 Å². The summed E-state index contributed by atoms with van der Waals surface area (Å²) in [5.41, 5.74) is 2.46. The summed E-state index contributed by atoms with van der Waals surface area (Å²) in [6.45, 7) is 2.32. The van der Waals surface area contributed by atoms with E-state index < -0.39 is 0 Å². The van der Waals surface area contributed by atoms with E-state index in [0.29, 0.717) is 40.3 Å². The third kappa shape index (κ3) is 3.67. The molecule has 30 heavy (non-hydrogen) atoms. The first-order valence-corrected chi connectivity index (χ1v) is 9.66. The highest BCUT2D eigenvalue weighted by molar-refractivity contribution is 6.21. The van der Waals surface area contributed by atoms with Gasteiger partial charge in [0.2, 0.25) is 0 Å². The van der Waals surface area contributed by atoms with E-state index in [9.17, 15) is 14.4 Å². The van der Waals surface area contributed by atoms with Gasteiger partial charge >= 0.3 is 0 Å². The zero-order valence-corrected chi connectivity index (χ0v) is 16.4. The van der Waals surface area contributed by atoms with Crippen molar-refractivity contribution in [2.45, 2.75) is 13.5 Å². The summed E-state index contributed by atoms with van der Waals surface area (Å²) in [7, 11) is 0. The van der Waals surface area contributed by atoms with Crippen molar-refractivity contribution in [3.63, 3.8) is 0 Å². The van der Waals surface area contributed by atoms with Gasteiger partial charge in [0.15, 0.2) is 0 Å². The second-order valence-electron chi connectivity index (χ2n) is 6.83. The van der Waals surface area contributed by atoms with Crippen LogP contribution in [-0.4, -0.2) is 29.2 Å². The van der Waals surface area contributed by atoms with Crippen LogP contribution in [0.25, 0.3) is 0 Å². The molecule has 0 bridgehead atoms. The van der Waals surface area contributed by atoms with Gasteiger partial charge < -0.3 is 10.1 Å². The summed E-state index contributed by atoms with van der Waals surface area (Å²) in [5.74, 6) is -0.551. The van der Waals surface area contributed by atoms with Gasteiger partial charge in [-0.1, -0.05) is 36.4 Å². The molecule has 3 amide bonds. The molecular weight excluding hydrogens is 380 g/mol. The Balaban J connectivity index is 1.61. The Kier molecular flexibility index (Phi) is 5.30. The monoisotopic (exact) mass is 400 g/mol. The molecule has 150 valence electrons. The van der Waals surface area contributed by atoms with Crippen molar-refractivity contribution in [3.05, 3.63) is 95.1 Å². The molecule has 1 N–H and O–H groups in total. The van der Waals surface area contributed by atoms with Crippen molar-refractivity contribution >= 4 is 23.4 Å². The average Bonchev–Trinajstić information content (AvgIpc) is 3.00. The highest BCUT2D eigenvalue weighted by Gasteiger charge is 2.35. The number of ether oxygens (including phenoxy) is 1. The second kappa shape index (κ2) is 8.21. The number of para-hydroxylation sites is 1. The number of nitrogens with one attached hydrogen (secondary N) is 1. The van der Waals surface area contributed by atoms with Crippen LogP contribution >= 0.6 is 0 Å². The number of carbonyl (C=O) groups is 3. The van der Waals surface area contributed by atoms with Crippen LogP contribution < -0.4 is 10.1 Å². The van der Waals surface area contributed by atoms with Gasteiger partial charge in [-0.15, -0.1) is 0 Å². The van der Waals surface area contributed by atoms with Crippen molar-refractivity contribution in [2.75, 3.05) is 11.9 Å². The number of carbonyl (C=O) groups excluding carboxylic acids is 3. The van der Waals surface area contributed by atoms with Gasteiger partial charge in [-0.2, -0.15) is 0 Å². The first-order valence-electron chi connectivity index (χ1n) is 9.66. The van der Waals surface area contributed by atoms with E-state index in [1.54, 1.807) is 54.6 Å². The maximum atomic E-state index is 12.9. The number of hydrogen-bond acceptors (Lipinski definition) is 4. The van der Waals surface area contributed by atoms with Gasteiger partial charge in [0.05, 0.1) is 29.8 Å². The van der Waals surface area contributed by atoms with Crippen LogP contribution in [0.4, 0.5) is 5.69 Å². The molecule has 0 spiro atoms. The molecule has 0 unspecified atom stereocenters. The van der Waals surface area contributed by atoms with Crippen molar-refractivity contribution < 1.29 is 19.1 Å². The normalized spacial score (nSPS) is 12.6. The molecule has 0 fully saturated rings. The Bertz CT molecular complexity index is 1090. The highest BCUT2D eigenvalue weighted by Crippen LogP contribution is 2.27. The number of fused-ring (bicyclic) bond motifs is 1. The molecule has 0 aromatic heterocycles. The first kappa shape index (κ1) is 19.4. The molecule has 4 rings (SSSR count). The molecule has 0 saturated carbocycles. The number of imide groups is 1. The minimum Gasteiger partial charge on any atom is -0.493 e. The summed E-state index contributed by atoms with van der Waals surface area (Å²) < 4.78 is 5.61. The quantitative estimate of drug-likeness (QED) is 0.631. The third-order valence-electron chi connectivity index (χ3n) is 4.84. The van der Waals surface area contributed by atoms with E-state index in [1.165, 1.54) is 4.90 Å². The molecule has 3 aromatic rings. The molecule has 1 heterocycles. The Morgan fingerprint density at radius 3 is 2.17 bits per heavy atom. The maximum Gasteiger partial charge on any atom is 0.261 e. The maximum absolute atomic E-state index is 12.9. The number of benzene rings is 3. The van der Waals surface area contributed by atoms with Gasteiger partial charge in [0.25, 0.3) is 17.7 Å². The predicted octanol–water partition coefficient (Wildman–Crippen LogP) is 4.13. The zero-order valence-electron chi connectivity index (χ0n) is 16.4. The molecule has 0 saturated heterocycles. The van der Waals surface area contributed by atoms with Crippen LogP contribution in [0.2, 0.25) is 0 Å². The minimum atomic E-state index is -0.334. The standard InChI is InChI=1S/C24H20N2O4/c1-2-30-21-13-12-16(14-20(21)22(27)25-17-8-4-3-5-9-17)15-26-23(28)18-10-6-7-11-19(18)24(26)29/h3-14H,2,15H2,1H3,(H,25,27). The average molecular weight is 400 g/mol. The highest BCUT2D eigenvalue weighted by atomic mass is 16.5. The van der Waals surface area contributed by atoms with Crippen LogP contribution in [0.1, 0.15) is 43.6 Å². The van der Waals surface area contributed by atoms with Gasteiger partial charge in [-0.3, -0.25) is 19.3 Å². The largest absolute Gasteiger partial charge is 0.493 e. The fourth-order valence-electron chi connectivity index (χ4n) is 3.42. The number of anilines is 1. The van der Waals surface area contributed by atoms with E-state index in [0.717, 1.165) is 0 Å². The van der Waals surface area contributed by atoms with E-state index in [-0.39, 0.29) is 24.3 Å². The molecule has 6 heteroatoms. The fraction of sp³-hybridized carbons (Fsp3) is 0.125. The van der Waals surface area contributed by atoms with E-state index >= 15 is 0 Å². The SMILES string of the molecule is CCOc1ccc(CN2C(=O)c3ccccc3C2=O)cc1C(=O)Nc1ccccc1. The third-order valence-corrected chi connectivity index (χ3v) is 4.84. The molecule has 0 aliphatic carbocycles. The van der Waals surface area contributed by atoms with Gasteiger partial charge in [0.1, 0.15) is 5.75 Å². The lowest BCUT2D eigenvalue weighted by atomic mass is 10.1. The Morgan fingerprint density at radius 1 is 0.900 bits per heavy atom. The first-order chi connectivity index (χ1) is 14.6. The Labute approximate surface area is 174 Å². The van der Waals surface area contributed by atoms with Crippen molar-refractivity contribution in [3.8, 4) is 5.75 Å². The van der Waals surface area contributed by atoms with E-state index in [1.807, 2.05) is 25.1 Å². The summed E-state index contributed by atoms with van der Waals surface area (Å²) in [5, 5.41) is 2.84. The van der Waals surface area contributed by atoms with Gasteiger partial charge in [-0.05, 0) is 48.9 Å². The van der Waals surface area contributed by atoms with Crippen molar-refractivity contribution in [1.82, 2.24) is 4.90 Å². The molecular formula is C24H20N2O4. The molecule has 0 radical (unpaired) electrons. The predicted molar refractivity (Wildman–Crippen MR) is 113 cm³/mol. The lowest BCUT2D eigenvalue weighted by Gasteiger charge is -2.16. The molecule has 1 aliphatic heterocycles. The van der Waals surface area contributed by atoms with E-state index in [4.69, 9.17) is 4.74 Å². The van der Waals surface area contributed by atoms with Crippen molar-refractivity contribution in [1.29, 1.82) is 0 Å². The molecule has 3 aromatic carbocycles. The topological polar surface area (TPSA) is 75.7 Å². The number of hydrogen-bond donors (Lipinski definition) is 1. The summed E-state index contributed by atoms with van der Waals surface area (Å²) in [6, 6.07) is 21.0. The number of rotatable bonds is 6. The summed E-state index contributed by atoms with van der Waals surface area (Å²) in [4.78, 5) is 39.3. The van der Waals surface area contributed by atoms with Gasteiger partial charge in [-0.25, -0.2) is 0 Å². The molecule has 1 aliphatic rings. The lowest BCUT2D eigenvalue weighted by Crippen LogP contribution is -2.29. The van der Waals surface area contributed by atoms with Crippen LogP contribution in [0.15, 0.2) is 72.8 Å². The van der Waals surface area contributed by atoms with Crippen molar-refractivity contribution in [2.24, 2.45) is 0 Å². The molecule has 6 nitrogen and oxygen atoms in total. The van der Waals surface area contributed by atoms with E-state index in [2.05, 4.69) is 5.32 Å². The number of amides is 3. The van der Waals surface area contributed by atoms with Crippen LogP contribution in [0.3, 0.4) is 0 Å². The van der Waals surface area contributed by atoms with Crippen LogP contribution in [0.5, 0.6) is 5.75 Å². The smallest absolute Gasteiger partial charge is 0.261 e. The summed E-state index contributed by atoms with van der Waals surface area (Å²) >= 11 is 0. The summed E-state index contributed by atoms with van der Waals surface area (Å²) in [6.07, 6.45) is 0. The zero-order chi connectivity index (χ0) is 21.1. The Hall–Kier alpha value is -3.93.